The Morgan fingerprint density at radius 1 is 0.682 bits per heavy atom. The fourth-order valence-corrected chi connectivity index (χ4v) is 3.80. The minimum Gasteiger partial charge on any atom is -0.282 e. The normalized spacial score (nSPS) is 12.4. The van der Waals surface area contributed by atoms with Crippen LogP contribution in [0.1, 0.15) is 0 Å². The van der Waals surface area contributed by atoms with Crippen LogP contribution in [0.5, 0.6) is 0 Å². The maximum atomic E-state index is 11.5. The molecule has 2 rings (SSSR count). The Labute approximate surface area is 136 Å². The first-order chi connectivity index (χ1) is 10.00. The largest absolute Gasteiger partial charge is 0.295 e. The van der Waals surface area contributed by atoms with E-state index >= 15 is 0 Å². The van der Waals surface area contributed by atoms with Crippen molar-refractivity contribution in [3.05, 3.63) is 46.4 Å². The summed E-state index contributed by atoms with van der Waals surface area (Å²) < 4.78 is 64.4. The van der Waals surface area contributed by atoms with Gasteiger partial charge in [-0.2, -0.15) is 16.8 Å². The lowest BCUT2D eigenvalue weighted by atomic mass is 10.1. The summed E-state index contributed by atoms with van der Waals surface area (Å²) in [7, 11) is -9.34. The van der Waals surface area contributed by atoms with Crippen LogP contribution in [0.4, 0.5) is 0 Å². The van der Waals surface area contributed by atoms with Crippen LogP contribution in [0, 0.1) is 0 Å². The second-order valence-electron chi connectivity index (χ2n) is 4.23. The first-order valence-corrected chi connectivity index (χ1v) is 9.18. The van der Waals surface area contributed by atoms with Gasteiger partial charge in [-0.3, -0.25) is 9.11 Å². The van der Waals surface area contributed by atoms with Crippen LogP contribution in [-0.4, -0.2) is 25.9 Å². The van der Waals surface area contributed by atoms with Gasteiger partial charge < -0.3 is 0 Å². The molecule has 118 valence electrons. The van der Waals surface area contributed by atoms with Crippen LogP contribution in [0.25, 0.3) is 11.1 Å². The first kappa shape index (κ1) is 17.2. The van der Waals surface area contributed by atoms with E-state index < -0.39 is 30.0 Å². The van der Waals surface area contributed by atoms with E-state index in [0.29, 0.717) is 0 Å². The van der Waals surface area contributed by atoms with Crippen molar-refractivity contribution in [3.63, 3.8) is 0 Å². The molecule has 0 spiro atoms. The van der Waals surface area contributed by atoms with Crippen molar-refractivity contribution in [3.8, 4) is 11.1 Å². The summed E-state index contributed by atoms with van der Waals surface area (Å²) in [6.07, 6.45) is 0. The fourth-order valence-electron chi connectivity index (χ4n) is 1.86. The lowest BCUT2D eigenvalue weighted by Gasteiger charge is -2.11. The minimum absolute atomic E-state index is 0.0266. The lowest BCUT2D eigenvalue weighted by molar-refractivity contribution is 0.480. The first-order valence-electron chi connectivity index (χ1n) is 5.54. The van der Waals surface area contributed by atoms with Crippen LogP contribution < -0.4 is 0 Å². The van der Waals surface area contributed by atoms with E-state index in [-0.39, 0.29) is 21.2 Å². The number of rotatable bonds is 3. The van der Waals surface area contributed by atoms with Gasteiger partial charge in [-0.05, 0) is 24.3 Å². The van der Waals surface area contributed by atoms with Gasteiger partial charge >= 0.3 is 0 Å². The molecule has 0 atom stereocenters. The predicted octanol–water partition coefficient (Wildman–Crippen LogP) is 3.15. The van der Waals surface area contributed by atoms with E-state index in [4.69, 9.17) is 23.2 Å². The van der Waals surface area contributed by atoms with Crippen molar-refractivity contribution >= 4 is 43.4 Å². The summed E-state index contributed by atoms with van der Waals surface area (Å²) in [5, 5.41) is 0.0532. The summed E-state index contributed by atoms with van der Waals surface area (Å²) in [6.45, 7) is 0. The Morgan fingerprint density at radius 3 is 1.27 bits per heavy atom. The standard InChI is InChI=1S/C12H8Cl2O6S2/c13-7-1-3-9(11(5-7)21(15,16)17)10-4-2-8(14)6-12(10)22(18,19)20/h1-6H,(H,15,16,17)(H,18,19,20). The van der Waals surface area contributed by atoms with Crippen LogP contribution >= 0.6 is 23.2 Å². The summed E-state index contributed by atoms with van der Waals surface area (Å²) in [4.78, 5) is -1.18. The molecule has 0 heterocycles. The van der Waals surface area contributed by atoms with Gasteiger partial charge in [0, 0.05) is 21.2 Å². The van der Waals surface area contributed by atoms with Crippen LogP contribution in [0.2, 0.25) is 10.0 Å². The van der Waals surface area contributed by atoms with Gasteiger partial charge in [0.25, 0.3) is 20.2 Å². The molecule has 10 heteroatoms. The van der Waals surface area contributed by atoms with E-state index in [9.17, 15) is 25.9 Å². The fraction of sp³-hybridized carbons (Fsp3) is 0. The average molecular weight is 383 g/mol. The molecule has 0 saturated carbocycles. The van der Waals surface area contributed by atoms with Gasteiger partial charge in [0.2, 0.25) is 0 Å². The third-order valence-corrected chi connectivity index (χ3v) is 4.99. The number of hydrogen-bond donors (Lipinski definition) is 2. The number of benzene rings is 2. The molecule has 0 aliphatic rings. The molecule has 0 bridgehead atoms. The Morgan fingerprint density at radius 2 is 1.00 bits per heavy atom. The van der Waals surface area contributed by atoms with Crippen molar-refractivity contribution in [1.29, 1.82) is 0 Å². The lowest BCUT2D eigenvalue weighted by Crippen LogP contribution is -2.05. The molecular weight excluding hydrogens is 375 g/mol. The van der Waals surface area contributed by atoms with Gasteiger partial charge in [0.05, 0.1) is 0 Å². The molecule has 0 radical (unpaired) electrons. The second-order valence-corrected chi connectivity index (χ2v) is 7.88. The molecule has 2 aromatic rings. The van der Waals surface area contributed by atoms with E-state index in [0.717, 1.165) is 12.1 Å². The molecular formula is C12H8Cl2O6S2. The molecule has 0 fully saturated rings. The zero-order chi connectivity index (χ0) is 16.7. The van der Waals surface area contributed by atoms with Gasteiger partial charge in [-0.1, -0.05) is 35.3 Å². The zero-order valence-corrected chi connectivity index (χ0v) is 13.7. The van der Waals surface area contributed by atoms with Crippen LogP contribution in [0.15, 0.2) is 46.2 Å². The predicted molar refractivity (Wildman–Crippen MR) is 81.5 cm³/mol. The summed E-state index contributed by atoms with van der Waals surface area (Å²) in [5.41, 5.74) is -0.285. The highest BCUT2D eigenvalue weighted by atomic mass is 35.5. The average Bonchev–Trinajstić information content (AvgIpc) is 2.37. The molecule has 0 amide bonds. The smallest absolute Gasteiger partial charge is 0.282 e. The van der Waals surface area contributed by atoms with E-state index in [1.165, 1.54) is 24.3 Å². The van der Waals surface area contributed by atoms with Gasteiger partial charge in [0.1, 0.15) is 9.79 Å². The van der Waals surface area contributed by atoms with Gasteiger partial charge in [-0.15, -0.1) is 0 Å². The van der Waals surface area contributed by atoms with Crippen molar-refractivity contribution in [2.45, 2.75) is 9.79 Å². The molecule has 0 saturated heterocycles. The number of hydrogen-bond acceptors (Lipinski definition) is 4. The van der Waals surface area contributed by atoms with E-state index in [2.05, 4.69) is 0 Å². The topological polar surface area (TPSA) is 109 Å². The summed E-state index contributed by atoms with van der Waals surface area (Å²) in [6, 6.07) is 6.98. The highest BCUT2D eigenvalue weighted by molar-refractivity contribution is 7.86. The van der Waals surface area contributed by atoms with Crippen molar-refractivity contribution in [2.75, 3.05) is 0 Å². The Hall–Kier alpha value is -1.16. The minimum atomic E-state index is -4.67. The van der Waals surface area contributed by atoms with Crippen LogP contribution in [0.3, 0.4) is 0 Å². The zero-order valence-electron chi connectivity index (χ0n) is 10.6. The molecule has 0 unspecified atom stereocenters. The number of halogens is 2. The molecule has 6 nitrogen and oxygen atoms in total. The highest BCUT2D eigenvalue weighted by Gasteiger charge is 2.23. The van der Waals surface area contributed by atoms with E-state index in [1.807, 2.05) is 0 Å². The third kappa shape index (κ3) is 3.60. The molecule has 2 N–H and O–H groups in total. The Kier molecular flexibility index (Phi) is 4.54. The molecule has 0 aliphatic carbocycles. The second kappa shape index (κ2) is 5.80. The highest BCUT2D eigenvalue weighted by Crippen LogP contribution is 2.35. The van der Waals surface area contributed by atoms with Crippen LogP contribution in [-0.2, 0) is 20.2 Å². The quantitative estimate of drug-likeness (QED) is 0.789. The van der Waals surface area contributed by atoms with Gasteiger partial charge in [-0.25, -0.2) is 0 Å². The monoisotopic (exact) mass is 382 g/mol. The molecule has 0 aromatic heterocycles. The summed E-state index contributed by atoms with van der Waals surface area (Å²) in [5.74, 6) is 0. The van der Waals surface area contributed by atoms with Crippen molar-refractivity contribution in [1.82, 2.24) is 0 Å². The van der Waals surface area contributed by atoms with Crippen molar-refractivity contribution < 1.29 is 25.9 Å². The SMILES string of the molecule is O=S(=O)(O)c1cc(Cl)ccc1-c1ccc(Cl)cc1S(=O)(=O)O. The third-order valence-electron chi connectivity index (χ3n) is 2.73. The van der Waals surface area contributed by atoms with Gasteiger partial charge in [0.15, 0.2) is 0 Å². The maximum Gasteiger partial charge on any atom is 0.295 e. The Balaban J connectivity index is 2.90. The molecule has 2 aromatic carbocycles. The molecule has 22 heavy (non-hydrogen) atoms. The van der Waals surface area contributed by atoms with Crippen molar-refractivity contribution in [2.24, 2.45) is 0 Å². The van der Waals surface area contributed by atoms with E-state index in [1.54, 1.807) is 0 Å². The molecule has 0 aliphatic heterocycles. The summed E-state index contributed by atoms with van der Waals surface area (Å²) >= 11 is 11.4. The maximum absolute atomic E-state index is 11.5. The Bertz CT molecular complexity index is 872.